The molecule has 4 nitrogen and oxygen atoms in total. The Morgan fingerprint density at radius 3 is 2.62 bits per heavy atom. The molecule has 1 saturated heterocycles. The fourth-order valence-electron chi connectivity index (χ4n) is 3.25. The highest BCUT2D eigenvalue weighted by Crippen LogP contribution is 2.32. The number of rotatable bonds is 5. The first kappa shape index (κ1) is 21.0. The fourth-order valence-corrected chi connectivity index (χ4v) is 3.44. The molecular weight excluding hydrogens is 369 g/mol. The highest BCUT2D eigenvalue weighted by Gasteiger charge is 2.34. The molecule has 146 valence electrons. The zero-order valence-electron chi connectivity index (χ0n) is 14.9. The fraction of sp³-hybridized carbons (Fsp3) is 0.611. The van der Waals surface area contributed by atoms with Crippen molar-refractivity contribution < 1.29 is 23.1 Å². The van der Waals surface area contributed by atoms with Crippen molar-refractivity contribution in [2.24, 2.45) is 5.92 Å². The van der Waals surface area contributed by atoms with Gasteiger partial charge < -0.3 is 10.0 Å². The SMILES string of the molecule is CC(C)CN1CCN(C(=O)c2cc(C(F)(F)F)ccc2Cl)CC1CCO. The Morgan fingerprint density at radius 1 is 1.35 bits per heavy atom. The molecule has 1 unspecified atom stereocenters. The van der Waals surface area contributed by atoms with E-state index in [1.807, 2.05) is 0 Å². The molecule has 26 heavy (non-hydrogen) atoms. The lowest BCUT2D eigenvalue weighted by Crippen LogP contribution is -2.55. The van der Waals surface area contributed by atoms with Gasteiger partial charge in [-0.2, -0.15) is 13.2 Å². The van der Waals surface area contributed by atoms with E-state index in [2.05, 4.69) is 18.7 Å². The summed E-state index contributed by atoms with van der Waals surface area (Å²) in [5, 5.41) is 9.31. The molecule has 1 N–H and O–H groups in total. The van der Waals surface area contributed by atoms with Crippen molar-refractivity contribution in [2.75, 3.05) is 32.8 Å². The molecule has 0 aromatic heterocycles. The molecule has 2 rings (SSSR count). The van der Waals surface area contributed by atoms with Crippen LogP contribution in [-0.4, -0.2) is 59.6 Å². The standard InChI is InChI=1S/C18H24ClF3N2O2/c1-12(2)10-23-6-7-24(11-14(23)5-8-25)17(26)15-9-13(18(20,21)22)3-4-16(15)19/h3-4,9,12,14,25H,5-8,10-11H2,1-2H3. The monoisotopic (exact) mass is 392 g/mol. The Balaban J connectivity index is 2.20. The molecular formula is C18H24ClF3N2O2. The normalized spacial score (nSPS) is 19.2. The van der Waals surface area contributed by atoms with Gasteiger partial charge in [0.05, 0.1) is 16.1 Å². The third-order valence-electron chi connectivity index (χ3n) is 4.48. The number of carbonyl (C=O) groups is 1. The summed E-state index contributed by atoms with van der Waals surface area (Å²) in [6.45, 7) is 6.42. The number of nitrogens with zero attached hydrogens (tertiary/aromatic N) is 2. The maximum Gasteiger partial charge on any atom is 0.416 e. The van der Waals surface area contributed by atoms with Crippen LogP contribution in [0.3, 0.4) is 0 Å². The maximum atomic E-state index is 12.9. The first-order valence-electron chi connectivity index (χ1n) is 8.64. The van der Waals surface area contributed by atoms with E-state index < -0.39 is 17.6 Å². The lowest BCUT2D eigenvalue weighted by atomic mass is 10.0. The van der Waals surface area contributed by atoms with E-state index in [-0.39, 0.29) is 23.2 Å². The predicted octanol–water partition coefficient (Wildman–Crippen LogP) is 3.52. The Morgan fingerprint density at radius 2 is 2.04 bits per heavy atom. The summed E-state index contributed by atoms with van der Waals surface area (Å²) in [5.41, 5.74) is -1.03. The number of piperazine rings is 1. The Kier molecular flexibility index (Phi) is 6.93. The molecule has 1 aromatic carbocycles. The quantitative estimate of drug-likeness (QED) is 0.833. The second-order valence-corrected chi connectivity index (χ2v) is 7.41. The first-order valence-corrected chi connectivity index (χ1v) is 9.02. The van der Waals surface area contributed by atoms with Gasteiger partial charge in [-0.15, -0.1) is 0 Å². The second kappa shape index (κ2) is 8.59. The Bertz CT molecular complexity index is 637. The van der Waals surface area contributed by atoms with E-state index in [1.165, 1.54) is 4.90 Å². The van der Waals surface area contributed by atoms with Crippen LogP contribution in [0.25, 0.3) is 0 Å². The molecule has 0 radical (unpaired) electrons. The second-order valence-electron chi connectivity index (χ2n) is 7.00. The van der Waals surface area contributed by atoms with Crippen molar-refractivity contribution in [3.05, 3.63) is 34.3 Å². The summed E-state index contributed by atoms with van der Waals surface area (Å²) < 4.78 is 38.8. The van der Waals surface area contributed by atoms with Gasteiger partial charge in [-0.1, -0.05) is 25.4 Å². The van der Waals surface area contributed by atoms with Crippen molar-refractivity contribution in [3.8, 4) is 0 Å². The van der Waals surface area contributed by atoms with Gasteiger partial charge >= 0.3 is 6.18 Å². The van der Waals surface area contributed by atoms with Gasteiger partial charge in [0.15, 0.2) is 0 Å². The highest BCUT2D eigenvalue weighted by atomic mass is 35.5. The number of amides is 1. The molecule has 1 heterocycles. The number of benzene rings is 1. The average molecular weight is 393 g/mol. The molecule has 1 atom stereocenters. The van der Waals surface area contributed by atoms with Crippen LogP contribution in [-0.2, 0) is 6.18 Å². The molecule has 1 amide bonds. The number of carbonyl (C=O) groups excluding carboxylic acids is 1. The summed E-state index contributed by atoms with van der Waals surface area (Å²) in [5.74, 6) is -0.0652. The smallest absolute Gasteiger partial charge is 0.396 e. The third-order valence-corrected chi connectivity index (χ3v) is 4.81. The molecule has 1 aliphatic heterocycles. The number of aliphatic hydroxyl groups is 1. The Labute approximate surface area is 156 Å². The molecule has 1 aliphatic rings. The number of hydrogen-bond donors (Lipinski definition) is 1. The van der Waals surface area contributed by atoms with Crippen molar-refractivity contribution in [1.29, 1.82) is 0 Å². The van der Waals surface area contributed by atoms with Crippen molar-refractivity contribution in [2.45, 2.75) is 32.5 Å². The van der Waals surface area contributed by atoms with Crippen LogP contribution in [0.2, 0.25) is 5.02 Å². The topological polar surface area (TPSA) is 43.8 Å². The third kappa shape index (κ3) is 5.11. The molecule has 1 fully saturated rings. The number of halogens is 4. The van der Waals surface area contributed by atoms with Gasteiger partial charge in [-0.05, 0) is 30.5 Å². The van der Waals surface area contributed by atoms with E-state index >= 15 is 0 Å². The van der Waals surface area contributed by atoms with Gasteiger partial charge in [0, 0.05) is 38.8 Å². The van der Waals surface area contributed by atoms with Gasteiger partial charge in [-0.3, -0.25) is 9.69 Å². The van der Waals surface area contributed by atoms with E-state index in [1.54, 1.807) is 0 Å². The summed E-state index contributed by atoms with van der Waals surface area (Å²) >= 11 is 5.99. The maximum absolute atomic E-state index is 12.9. The highest BCUT2D eigenvalue weighted by molar-refractivity contribution is 6.33. The molecule has 0 bridgehead atoms. The van der Waals surface area contributed by atoms with E-state index in [0.29, 0.717) is 32.0 Å². The summed E-state index contributed by atoms with van der Waals surface area (Å²) in [6, 6.07) is 2.77. The van der Waals surface area contributed by atoms with Gasteiger partial charge in [0.1, 0.15) is 0 Å². The largest absolute Gasteiger partial charge is 0.416 e. The molecule has 1 aromatic rings. The van der Waals surface area contributed by atoms with E-state index in [0.717, 1.165) is 24.7 Å². The molecule has 0 spiro atoms. The van der Waals surface area contributed by atoms with Crippen LogP contribution in [0.15, 0.2) is 18.2 Å². The van der Waals surface area contributed by atoms with E-state index in [9.17, 15) is 23.1 Å². The minimum absolute atomic E-state index is 0.00585. The van der Waals surface area contributed by atoms with Crippen LogP contribution >= 0.6 is 11.6 Å². The molecule has 0 aliphatic carbocycles. The van der Waals surface area contributed by atoms with Crippen molar-refractivity contribution >= 4 is 17.5 Å². The summed E-state index contributed by atoms with van der Waals surface area (Å²) in [7, 11) is 0. The van der Waals surface area contributed by atoms with Crippen LogP contribution < -0.4 is 0 Å². The lowest BCUT2D eigenvalue weighted by molar-refractivity contribution is -0.137. The minimum atomic E-state index is -4.53. The number of aliphatic hydroxyl groups excluding tert-OH is 1. The summed E-state index contributed by atoms with van der Waals surface area (Å²) in [4.78, 5) is 16.5. The lowest BCUT2D eigenvalue weighted by Gasteiger charge is -2.42. The van der Waals surface area contributed by atoms with Crippen molar-refractivity contribution in [3.63, 3.8) is 0 Å². The van der Waals surface area contributed by atoms with E-state index in [4.69, 9.17) is 11.6 Å². The van der Waals surface area contributed by atoms with Gasteiger partial charge in [-0.25, -0.2) is 0 Å². The van der Waals surface area contributed by atoms with Crippen LogP contribution in [0, 0.1) is 5.92 Å². The van der Waals surface area contributed by atoms with Crippen LogP contribution in [0.4, 0.5) is 13.2 Å². The zero-order chi connectivity index (χ0) is 19.5. The Hall–Kier alpha value is -1.31. The van der Waals surface area contributed by atoms with Gasteiger partial charge in [0.2, 0.25) is 0 Å². The molecule has 0 saturated carbocycles. The molecule has 8 heteroatoms. The minimum Gasteiger partial charge on any atom is -0.396 e. The van der Waals surface area contributed by atoms with Crippen LogP contribution in [0.5, 0.6) is 0 Å². The average Bonchev–Trinajstić information content (AvgIpc) is 2.55. The predicted molar refractivity (Wildman–Crippen MR) is 94.3 cm³/mol. The number of alkyl halides is 3. The van der Waals surface area contributed by atoms with Crippen molar-refractivity contribution in [1.82, 2.24) is 9.80 Å². The first-order chi connectivity index (χ1) is 12.1. The summed E-state index contributed by atoms with van der Waals surface area (Å²) in [6.07, 6.45) is -4.03. The van der Waals surface area contributed by atoms with Crippen LogP contribution in [0.1, 0.15) is 36.2 Å². The number of hydrogen-bond acceptors (Lipinski definition) is 3. The zero-order valence-corrected chi connectivity index (χ0v) is 15.6. The van der Waals surface area contributed by atoms with Gasteiger partial charge in [0.25, 0.3) is 5.91 Å².